The van der Waals surface area contributed by atoms with E-state index in [4.69, 9.17) is 9.15 Å². The topological polar surface area (TPSA) is 34.4 Å². The van der Waals surface area contributed by atoms with Crippen molar-refractivity contribution < 1.29 is 9.15 Å². The van der Waals surface area contributed by atoms with Gasteiger partial charge >= 0.3 is 0 Å². The lowest BCUT2D eigenvalue weighted by atomic mass is 10.2. The first-order valence-electron chi connectivity index (χ1n) is 6.68. The van der Waals surface area contributed by atoms with Crippen LogP contribution in [0, 0.1) is 6.92 Å². The summed E-state index contributed by atoms with van der Waals surface area (Å²) >= 11 is 1.71. The number of thiophene rings is 1. The summed E-state index contributed by atoms with van der Waals surface area (Å²) in [6, 6.07) is 6.21. The van der Waals surface area contributed by atoms with Gasteiger partial charge in [-0.15, -0.1) is 11.3 Å². The van der Waals surface area contributed by atoms with E-state index < -0.39 is 0 Å². The van der Waals surface area contributed by atoms with Crippen LogP contribution in [0.3, 0.4) is 0 Å². The number of rotatable bonds is 8. The Morgan fingerprint density at radius 1 is 1.37 bits per heavy atom. The summed E-state index contributed by atoms with van der Waals surface area (Å²) in [7, 11) is 0. The first-order chi connectivity index (χ1) is 9.29. The smallest absolute Gasteiger partial charge is 0.130 e. The summed E-state index contributed by atoms with van der Waals surface area (Å²) in [4.78, 5) is 1.24. The van der Waals surface area contributed by atoms with Crippen molar-refractivity contribution in [1.29, 1.82) is 0 Å². The van der Waals surface area contributed by atoms with Crippen LogP contribution in [-0.4, -0.2) is 6.54 Å². The molecule has 2 aromatic heterocycles. The molecular formula is C15H21NO2S. The zero-order valence-corrected chi connectivity index (χ0v) is 12.4. The van der Waals surface area contributed by atoms with Gasteiger partial charge in [0.25, 0.3) is 0 Å². The molecule has 0 amide bonds. The van der Waals surface area contributed by atoms with E-state index in [2.05, 4.69) is 29.8 Å². The predicted octanol–water partition coefficient (Wildman–Crippen LogP) is 3.87. The van der Waals surface area contributed by atoms with Gasteiger partial charge in [-0.25, -0.2) is 0 Å². The Kier molecular flexibility index (Phi) is 5.63. The zero-order valence-electron chi connectivity index (χ0n) is 11.6. The molecule has 0 aliphatic heterocycles. The summed E-state index contributed by atoms with van der Waals surface area (Å²) in [6.45, 7) is 7.26. The van der Waals surface area contributed by atoms with Crippen LogP contribution in [0.25, 0.3) is 0 Å². The van der Waals surface area contributed by atoms with Crippen molar-refractivity contribution in [2.75, 3.05) is 6.54 Å². The molecule has 0 aromatic carbocycles. The summed E-state index contributed by atoms with van der Waals surface area (Å²) in [5, 5.41) is 5.45. The highest BCUT2D eigenvalue weighted by atomic mass is 32.1. The van der Waals surface area contributed by atoms with E-state index in [0.717, 1.165) is 31.0 Å². The lowest BCUT2D eigenvalue weighted by Gasteiger charge is -2.00. The molecule has 0 fully saturated rings. The lowest BCUT2D eigenvalue weighted by molar-refractivity contribution is 0.0942. The highest BCUT2D eigenvalue weighted by Gasteiger charge is 2.07. The SMILES string of the molecule is CCCNCc1cc(COCc2cccs2)oc1C. The molecule has 1 N–H and O–H groups in total. The molecule has 2 heterocycles. The fraction of sp³-hybridized carbons (Fsp3) is 0.467. The number of ether oxygens (including phenoxy) is 1. The first-order valence-corrected chi connectivity index (χ1v) is 7.56. The van der Waals surface area contributed by atoms with Gasteiger partial charge in [0.1, 0.15) is 18.1 Å². The number of aryl methyl sites for hydroxylation is 1. The molecule has 2 rings (SSSR count). The molecule has 2 aromatic rings. The van der Waals surface area contributed by atoms with Gasteiger partial charge in [-0.1, -0.05) is 13.0 Å². The van der Waals surface area contributed by atoms with E-state index in [1.165, 1.54) is 10.4 Å². The standard InChI is InChI=1S/C15H21NO2S/c1-3-6-16-9-13-8-14(18-12(13)2)10-17-11-15-5-4-7-19-15/h4-5,7-8,16H,3,6,9-11H2,1-2H3. The average Bonchev–Trinajstić information content (AvgIpc) is 3.01. The molecule has 3 nitrogen and oxygen atoms in total. The summed E-state index contributed by atoms with van der Waals surface area (Å²) in [5.41, 5.74) is 1.23. The predicted molar refractivity (Wildman–Crippen MR) is 78.3 cm³/mol. The fourth-order valence-electron chi connectivity index (χ4n) is 1.88. The van der Waals surface area contributed by atoms with Crippen LogP contribution in [-0.2, 0) is 24.5 Å². The Hall–Kier alpha value is -1.10. The molecule has 0 saturated carbocycles. The van der Waals surface area contributed by atoms with E-state index in [-0.39, 0.29) is 0 Å². The maximum Gasteiger partial charge on any atom is 0.130 e. The van der Waals surface area contributed by atoms with Gasteiger partial charge in [-0.05, 0) is 37.4 Å². The molecule has 0 unspecified atom stereocenters. The zero-order chi connectivity index (χ0) is 13.5. The van der Waals surface area contributed by atoms with E-state index in [1.807, 2.05) is 13.0 Å². The molecule has 0 radical (unpaired) electrons. The Morgan fingerprint density at radius 2 is 2.26 bits per heavy atom. The van der Waals surface area contributed by atoms with Crippen molar-refractivity contribution in [1.82, 2.24) is 5.32 Å². The van der Waals surface area contributed by atoms with Crippen LogP contribution < -0.4 is 5.32 Å². The number of hydrogen-bond acceptors (Lipinski definition) is 4. The van der Waals surface area contributed by atoms with Gasteiger partial charge in [-0.2, -0.15) is 0 Å². The largest absolute Gasteiger partial charge is 0.464 e. The molecule has 0 bridgehead atoms. The Balaban J connectivity index is 1.78. The van der Waals surface area contributed by atoms with E-state index in [0.29, 0.717) is 13.2 Å². The van der Waals surface area contributed by atoms with Crippen molar-refractivity contribution in [3.8, 4) is 0 Å². The van der Waals surface area contributed by atoms with Crippen LogP contribution in [0.5, 0.6) is 0 Å². The van der Waals surface area contributed by atoms with E-state index in [9.17, 15) is 0 Å². The molecule has 0 aliphatic carbocycles. The minimum absolute atomic E-state index is 0.534. The van der Waals surface area contributed by atoms with Crippen LogP contribution >= 0.6 is 11.3 Å². The van der Waals surface area contributed by atoms with Gasteiger partial charge in [-0.3, -0.25) is 0 Å². The van der Waals surface area contributed by atoms with Crippen LogP contribution in [0.2, 0.25) is 0 Å². The Labute approximate surface area is 118 Å². The molecule has 0 saturated heterocycles. The maximum atomic E-state index is 5.70. The number of furan rings is 1. The lowest BCUT2D eigenvalue weighted by Crippen LogP contribution is -2.13. The van der Waals surface area contributed by atoms with Crippen LogP contribution in [0.1, 0.15) is 35.3 Å². The van der Waals surface area contributed by atoms with Gasteiger partial charge in [0.05, 0.1) is 6.61 Å². The molecule has 104 valence electrons. The molecule has 0 atom stereocenters. The van der Waals surface area contributed by atoms with Crippen molar-refractivity contribution in [3.63, 3.8) is 0 Å². The van der Waals surface area contributed by atoms with Crippen molar-refractivity contribution >= 4 is 11.3 Å². The molecule has 4 heteroatoms. The van der Waals surface area contributed by atoms with Crippen LogP contribution in [0.15, 0.2) is 28.0 Å². The average molecular weight is 279 g/mol. The van der Waals surface area contributed by atoms with Gasteiger partial charge in [0.2, 0.25) is 0 Å². The van der Waals surface area contributed by atoms with Gasteiger partial charge in [0.15, 0.2) is 0 Å². The number of nitrogens with one attached hydrogen (secondary N) is 1. The molecule has 0 aliphatic rings. The minimum Gasteiger partial charge on any atom is -0.464 e. The summed E-state index contributed by atoms with van der Waals surface area (Å²) < 4.78 is 11.4. The van der Waals surface area contributed by atoms with Crippen molar-refractivity contribution in [2.45, 2.75) is 40.0 Å². The first kappa shape index (κ1) is 14.3. The molecule has 0 spiro atoms. The third kappa shape index (κ3) is 4.49. The normalized spacial score (nSPS) is 11.1. The fourth-order valence-corrected chi connectivity index (χ4v) is 2.52. The van der Waals surface area contributed by atoms with E-state index in [1.54, 1.807) is 11.3 Å². The highest BCUT2D eigenvalue weighted by molar-refractivity contribution is 7.09. The molecule has 19 heavy (non-hydrogen) atoms. The van der Waals surface area contributed by atoms with E-state index >= 15 is 0 Å². The van der Waals surface area contributed by atoms with Gasteiger partial charge < -0.3 is 14.5 Å². The number of hydrogen-bond donors (Lipinski definition) is 1. The second-order valence-corrected chi connectivity index (χ2v) is 5.58. The van der Waals surface area contributed by atoms with Gasteiger partial charge in [0, 0.05) is 17.0 Å². The maximum absolute atomic E-state index is 5.70. The van der Waals surface area contributed by atoms with Crippen LogP contribution in [0.4, 0.5) is 0 Å². The minimum atomic E-state index is 0.534. The second kappa shape index (κ2) is 7.48. The Morgan fingerprint density at radius 3 is 3.00 bits per heavy atom. The Bertz CT molecular complexity index is 476. The third-order valence-electron chi connectivity index (χ3n) is 2.88. The second-order valence-electron chi connectivity index (χ2n) is 4.54. The highest BCUT2D eigenvalue weighted by Crippen LogP contribution is 2.17. The quantitative estimate of drug-likeness (QED) is 0.745. The van der Waals surface area contributed by atoms with Crippen molar-refractivity contribution in [3.05, 3.63) is 45.5 Å². The third-order valence-corrected chi connectivity index (χ3v) is 3.73. The summed E-state index contributed by atoms with van der Waals surface area (Å²) in [5.74, 6) is 1.89. The van der Waals surface area contributed by atoms with Crippen molar-refractivity contribution in [2.24, 2.45) is 0 Å². The monoisotopic (exact) mass is 279 g/mol. The molecular weight excluding hydrogens is 258 g/mol. The summed E-state index contributed by atoms with van der Waals surface area (Å²) in [6.07, 6.45) is 1.15.